The van der Waals surface area contributed by atoms with Gasteiger partial charge in [-0.3, -0.25) is 20.5 Å². The fourth-order valence-corrected chi connectivity index (χ4v) is 2.21. The molecular formula is C18H14N4O3. The summed E-state index contributed by atoms with van der Waals surface area (Å²) in [6.07, 6.45) is 5.17. The second kappa shape index (κ2) is 7.19. The average molecular weight is 334 g/mol. The van der Waals surface area contributed by atoms with Gasteiger partial charge in [-0.2, -0.15) is 5.10 Å². The molecule has 0 unspecified atom stereocenters. The number of nitrogens with zero attached hydrogens (tertiary/aromatic N) is 1. The number of amides is 3. The highest BCUT2D eigenvalue weighted by atomic mass is 16.5. The maximum Gasteiger partial charge on any atom is 0.327 e. The lowest BCUT2D eigenvalue weighted by atomic mass is 10.2. The first-order chi connectivity index (χ1) is 12.2. The normalized spacial score (nSPS) is 10.0. The zero-order chi connectivity index (χ0) is 17.6. The van der Waals surface area contributed by atoms with Crippen molar-refractivity contribution < 1.29 is 14.3 Å². The molecule has 0 aliphatic heterocycles. The number of nitrogens with one attached hydrogen (secondary N) is 3. The van der Waals surface area contributed by atoms with Gasteiger partial charge in [0.1, 0.15) is 12.4 Å². The largest absolute Gasteiger partial charge is 0.481 e. The Hall–Kier alpha value is -3.79. The van der Waals surface area contributed by atoms with Gasteiger partial charge in [0, 0.05) is 10.9 Å². The second-order valence-electron chi connectivity index (χ2n) is 5.05. The SMILES string of the molecule is C#CCOc1ccc2[nH]nc(NC(=O)NC(=O)c3ccccc3)c2c1. The fraction of sp³-hybridized carbons (Fsp3) is 0.0556. The smallest absolute Gasteiger partial charge is 0.327 e. The van der Waals surface area contributed by atoms with Crippen LogP contribution in [0.4, 0.5) is 10.6 Å². The van der Waals surface area contributed by atoms with Gasteiger partial charge in [-0.1, -0.05) is 24.1 Å². The number of fused-ring (bicyclic) bond motifs is 1. The summed E-state index contributed by atoms with van der Waals surface area (Å²) in [7, 11) is 0. The minimum Gasteiger partial charge on any atom is -0.481 e. The number of benzene rings is 2. The van der Waals surface area contributed by atoms with E-state index in [0.717, 1.165) is 0 Å². The third-order valence-corrected chi connectivity index (χ3v) is 3.35. The molecule has 3 amide bonds. The van der Waals surface area contributed by atoms with E-state index < -0.39 is 11.9 Å². The van der Waals surface area contributed by atoms with Gasteiger partial charge in [-0.15, -0.1) is 6.42 Å². The van der Waals surface area contributed by atoms with Crippen molar-refractivity contribution in [2.75, 3.05) is 11.9 Å². The lowest BCUT2D eigenvalue weighted by Crippen LogP contribution is -2.34. The minimum absolute atomic E-state index is 0.137. The number of H-pyrrole nitrogens is 1. The number of urea groups is 1. The summed E-state index contributed by atoms with van der Waals surface area (Å²) in [6.45, 7) is 0.137. The zero-order valence-corrected chi connectivity index (χ0v) is 13.1. The Labute approximate surface area is 143 Å². The van der Waals surface area contributed by atoms with Gasteiger partial charge in [0.25, 0.3) is 5.91 Å². The Morgan fingerprint density at radius 1 is 1.20 bits per heavy atom. The summed E-state index contributed by atoms with van der Waals surface area (Å²) < 4.78 is 5.35. The number of aromatic nitrogens is 2. The molecular weight excluding hydrogens is 320 g/mol. The van der Waals surface area contributed by atoms with E-state index >= 15 is 0 Å². The highest BCUT2D eigenvalue weighted by Gasteiger charge is 2.13. The molecule has 1 aromatic heterocycles. The summed E-state index contributed by atoms with van der Waals surface area (Å²) in [6, 6.07) is 12.9. The van der Waals surface area contributed by atoms with Crippen LogP contribution in [0, 0.1) is 12.3 Å². The molecule has 1 heterocycles. The van der Waals surface area contributed by atoms with Crippen LogP contribution in [0.2, 0.25) is 0 Å². The van der Waals surface area contributed by atoms with Crippen molar-refractivity contribution in [2.45, 2.75) is 0 Å². The molecule has 0 aliphatic carbocycles. The van der Waals surface area contributed by atoms with Crippen molar-refractivity contribution in [3.05, 3.63) is 54.1 Å². The predicted octanol–water partition coefficient (Wildman–Crippen LogP) is 2.54. The van der Waals surface area contributed by atoms with Gasteiger partial charge in [0.05, 0.1) is 5.52 Å². The van der Waals surface area contributed by atoms with E-state index in [0.29, 0.717) is 22.2 Å². The fourth-order valence-electron chi connectivity index (χ4n) is 2.21. The number of hydrogen-bond acceptors (Lipinski definition) is 4. The Bertz CT molecular complexity index is 957. The lowest BCUT2D eigenvalue weighted by molar-refractivity contribution is 0.0967. The summed E-state index contributed by atoms with van der Waals surface area (Å²) in [5.41, 5.74) is 1.09. The summed E-state index contributed by atoms with van der Waals surface area (Å²) >= 11 is 0. The molecule has 0 radical (unpaired) electrons. The van der Waals surface area contributed by atoms with Crippen LogP contribution in [0.5, 0.6) is 5.75 Å². The van der Waals surface area contributed by atoms with Crippen molar-refractivity contribution in [3.63, 3.8) is 0 Å². The number of anilines is 1. The maximum atomic E-state index is 12.0. The zero-order valence-electron chi connectivity index (χ0n) is 13.1. The number of imide groups is 1. The van der Waals surface area contributed by atoms with E-state index in [2.05, 4.69) is 26.8 Å². The number of aromatic amines is 1. The van der Waals surface area contributed by atoms with Crippen molar-refractivity contribution in [2.24, 2.45) is 0 Å². The van der Waals surface area contributed by atoms with Gasteiger partial charge in [0.2, 0.25) is 0 Å². The third kappa shape index (κ3) is 3.76. The van der Waals surface area contributed by atoms with Crippen LogP contribution in [-0.2, 0) is 0 Å². The quantitative estimate of drug-likeness (QED) is 0.639. The maximum absolute atomic E-state index is 12.0. The molecule has 3 N–H and O–H groups in total. The molecule has 0 spiro atoms. The predicted molar refractivity (Wildman–Crippen MR) is 93.3 cm³/mol. The first kappa shape index (κ1) is 16.1. The summed E-state index contributed by atoms with van der Waals surface area (Å²) in [5.74, 6) is 2.70. The number of rotatable bonds is 4. The number of carbonyl (C=O) groups excluding carboxylic acids is 2. The molecule has 0 atom stereocenters. The van der Waals surface area contributed by atoms with Gasteiger partial charge in [-0.25, -0.2) is 4.79 Å². The second-order valence-corrected chi connectivity index (χ2v) is 5.05. The van der Waals surface area contributed by atoms with E-state index in [4.69, 9.17) is 11.2 Å². The van der Waals surface area contributed by atoms with Gasteiger partial charge in [0.15, 0.2) is 5.82 Å². The minimum atomic E-state index is -0.683. The molecule has 0 aliphatic rings. The van der Waals surface area contributed by atoms with E-state index in [-0.39, 0.29) is 12.4 Å². The highest BCUT2D eigenvalue weighted by Crippen LogP contribution is 2.25. The van der Waals surface area contributed by atoms with Crippen LogP contribution in [-0.4, -0.2) is 28.7 Å². The van der Waals surface area contributed by atoms with Crippen LogP contribution in [0.1, 0.15) is 10.4 Å². The van der Waals surface area contributed by atoms with Crippen LogP contribution in [0.15, 0.2) is 48.5 Å². The van der Waals surface area contributed by atoms with Crippen molar-refractivity contribution in [1.29, 1.82) is 0 Å². The number of carbonyl (C=O) groups is 2. The Balaban J connectivity index is 1.72. The summed E-state index contributed by atoms with van der Waals surface area (Å²) in [5, 5.41) is 12.2. The molecule has 3 aromatic rings. The molecule has 3 rings (SSSR count). The standard InChI is InChI=1S/C18H14N4O3/c1-2-10-25-13-8-9-15-14(11-13)16(22-21-15)19-18(24)20-17(23)12-6-4-3-5-7-12/h1,3-9,11H,10H2,(H3,19,20,21,22,23,24). The van der Waals surface area contributed by atoms with Crippen LogP contribution >= 0.6 is 0 Å². The third-order valence-electron chi connectivity index (χ3n) is 3.35. The molecule has 2 aromatic carbocycles. The van der Waals surface area contributed by atoms with Crippen molar-refractivity contribution in [3.8, 4) is 18.1 Å². The van der Waals surface area contributed by atoms with E-state index in [1.165, 1.54) is 0 Å². The van der Waals surface area contributed by atoms with Crippen LogP contribution in [0.3, 0.4) is 0 Å². The number of ether oxygens (including phenoxy) is 1. The molecule has 124 valence electrons. The summed E-state index contributed by atoms with van der Waals surface area (Å²) in [4.78, 5) is 24.0. The molecule has 7 heteroatoms. The lowest BCUT2D eigenvalue weighted by Gasteiger charge is -2.06. The molecule has 0 fully saturated rings. The Kier molecular flexibility index (Phi) is 4.62. The van der Waals surface area contributed by atoms with Crippen molar-refractivity contribution >= 4 is 28.7 Å². The molecule has 0 bridgehead atoms. The van der Waals surface area contributed by atoms with Crippen LogP contribution in [0.25, 0.3) is 10.9 Å². The molecule has 7 nitrogen and oxygen atoms in total. The van der Waals surface area contributed by atoms with Gasteiger partial charge < -0.3 is 4.74 Å². The van der Waals surface area contributed by atoms with Gasteiger partial charge >= 0.3 is 6.03 Å². The van der Waals surface area contributed by atoms with Crippen LogP contribution < -0.4 is 15.4 Å². The highest BCUT2D eigenvalue weighted by molar-refractivity contribution is 6.09. The molecule has 25 heavy (non-hydrogen) atoms. The number of hydrogen-bond donors (Lipinski definition) is 3. The molecule has 0 saturated heterocycles. The number of terminal acetylenes is 1. The average Bonchev–Trinajstić information content (AvgIpc) is 3.02. The van der Waals surface area contributed by atoms with Crippen molar-refractivity contribution in [1.82, 2.24) is 15.5 Å². The Morgan fingerprint density at radius 2 is 2.00 bits per heavy atom. The van der Waals surface area contributed by atoms with E-state index in [1.807, 2.05) is 0 Å². The van der Waals surface area contributed by atoms with E-state index in [9.17, 15) is 9.59 Å². The Morgan fingerprint density at radius 3 is 2.76 bits per heavy atom. The first-order valence-electron chi connectivity index (χ1n) is 7.39. The first-order valence-corrected chi connectivity index (χ1v) is 7.39. The van der Waals surface area contributed by atoms with E-state index in [1.54, 1.807) is 48.5 Å². The van der Waals surface area contributed by atoms with Gasteiger partial charge in [-0.05, 0) is 30.3 Å². The molecule has 0 saturated carbocycles. The monoisotopic (exact) mass is 334 g/mol. The topological polar surface area (TPSA) is 96.1 Å².